The van der Waals surface area contributed by atoms with Gasteiger partial charge in [0.2, 0.25) is 5.95 Å². The summed E-state index contributed by atoms with van der Waals surface area (Å²) in [5.41, 5.74) is 2.28. The number of benzene rings is 1. The number of halogens is 1. The van der Waals surface area contributed by atoms with Crippen LogP contribution in [-0.2, 0) is 9.09 Å². The normalized spacial score (nSPS) is 20.1. The number of carbonyl (C=O) groups is 1. The van der Waals surface area contributed by atoms with E-state index in [-0.39, 0.29) is 18.2 Å². The van der Waals surface area contributed by atoms with Gasteiger partial charge in [0.25, 0.3) is 5.91 Å². The molecule has 1 saturated carbocycles. The number of aromatic amines is 1. The third kappa shape index (κ3) is 5.95. The van der Waals surface area contributed by atoms with Crippen LogP contribution in [0.5, 0.6) is 0 Å². The fourth-order valence-corrected chi connectivity index (χ4v) is 4.85. The lowest BCUT2D eigenvalue weighted by Gasteiger charge is -2.18. The number of anilines is 1. The number of aliphatic hydroxyl groups excluding tert-OH is 1. The first-order valence-corrected chi connectivity index (χ1v) is 13.2. The Labute approximate surface area is 212 Å². The van der Waals surface area contributed by atoms with E-state index in [1.54, 1.807) is 42.7 Å². The fraction of sp³-hybridized carbons (Fsp3) is 0.348. The number of nitrogens with one attached hydrogen (secondary N) is 3. The first-order valence-electron chi connectivity index (χ1n) is 11.3. The number of phosphoric ester groups is 1. The predicted octanol–water partition coefficient (Wildman–Crippen LogP) is 3.34. The van der Waals surface area contributed by atoms with Crippen LogP contribution in [0.25, 0.3) is 11.3 Å². The predicted molar refractivity (Wildman–Crippen MR) is 133 cm³/mol. The summed E-state index contributed by atoms with van der Waals surface area (Å²) in [4.78, 5) is 42.9. The Morgan fingerprint density at radius 3 is 2.83 bits per heavy atom. The number of nitrogens with zero attached hydrogens (tertiary/aromatic N) is 2. The standard InChI is InChI=1S/C23H27ClN5O6P/c1-3-23(9-19(23)35-36(32,33)34)29-22-26-10-13(2)20(28-22)15-8-17(25-11-15)21(31)27-18(12-30)14-5-4-6-16(24)7-14/h4-8,10-11,18-19,25,30H,3,9,12H2,1-2H3,(H,27,31)(H,26,28,29)(H2,32,33,34)/t18-,19+,23?/m1/s1. The van der Waals surface area contributed by atoms with Gasteiger partial charge in [0.05, 0.1) is 30.0 Å². The summed E-state index contributed by atoms with van der Waals surface area (Å²) in [6.45, 7) is 3.41. The molecule has 1 amide bonds. The van der Waals surface area contributed by atoms with Crippen molar-refractivity contribution in [1.82, 2.24) is 20.3 Å². The van der Waals surface area contributed by atoms with Crippen LogP contribution in [0.2, 0.25) is 5.02 Å². The van der Waals surface area contributed by atoms with Gasteiger partial charge in [-0.2, -0.15) is 0 Å². The number of aromatic nitrogens is 3. The van der Waals surface area contributed by atoms with Crippen LogP contribution >= 0.6 is 19.4 Å². The number of aryl methyl sites for hydroxylation is 1. The van der Waals surface area contributed by atoms with Gasteiger partial charge < -0.3 is 30.5 Å². The van der Waals surface area contributed by atoms with E-state index >= 15 is 0 Å². The summed E-state index contributed by atoms with van der Waals surface area (Å²) in [6, 6.07) is 7.92. The lowest BCUT2D eigenvalue weighted by molar-refractivity contribution is 0.0911. The minimum absolute atomic E-state index is 0.278. The largest absolute Gasteiger partial charge is 0.469 e. The van der Waals surface area contributed by atoms with Crippen LogP contribution in [0.3, 0.4) is 0 Å². The lowest BCUT2D eigenvalue weighted by Crippen LogP contribution is -2.31. The number of H-pyrrole nitrogens is 1. The van der Waals surface area contributed by atoms with E-state index in [0.717, 1.165) is 5.56 Å². The van der Waals surface area contributed by atoms with Gasteiger partial charge in [-0.05, 0) is 42.7 Å². The maximum Gasteiger partial charge on any atom is 0.469 e. The zero-order valence-corrected chi connectivity index (χ0v) is 21.3. The molecule has 0 bridgehead atoms. The third-order valence-electron chi connectivity index (χ3n) is 6.17. The molecular weight excluding hydrogens is 509 g/mol. The molecule has 192 valence electrons. The molecule has 1 fully saturated rings. The maximum atomic E-state index is 12.8. The van der Waals surface area contributed by atoms with Crippen LogP contribution in [0.4, 0.5) is 5.95 Å². The monoisotopic (exact) mass is 535 g/mol. The molecule has 1 unspecified atom stereocenters. The van der Waals surface area contributed by atoms with E-state index in [0.29, 0.717) is 34.7 Å². The molecule has 1 aromatic carbocycles. The summed E-state index contributed by atoms with van der Waals surface area (Å²) in [7, 11) is -4.61. The second-order valence-corrected chi connectivity index (χ2v) is 10.3. The van der Waals surface area contributed by atoms with E-state index in [1.165, 1.54) is 0 Å². The summed E-state index contributed by atoms with van der Waals surface area (Å²) >= 11 is 6.03. The number of hydrogen-bond donors (Lipinski definition) is 6. The Kier molecular flexibility index (Phi) is 7.51. The van der Waals surface area contributed by atoms with Crippen molar-refractivity contribution in [3.8, 4) is 11.3 Å². The number of phosphoric acid groups is 1. The molecule has 0 spiro atoms. The molecule has 0 aliphatic heterocycles. The van der Waals surface area contributed by atoms with E-state index in [2.05, 4.69) is 25.6 Å². The molecule has 13 heteroatoms. The topological polar surface area (TPSA) is 170 Å². The highest BCUT2D eigenvalue weighted by Crippen LogP contribution is 2.52. The van der Waals surface area contributed by atoms with Gasteiger partial charge in [0.15, 0.2) is 0 Å². The summed E-state index contributed by atoms with van der Waals surface area (Å²) in [6.07, 6.45) is 3.58. The minimum atomic E-state index is -4.61. The van der Waals surface area contributed by atoms with Crippen molar-refractivity contribution in [2.45, 2.75) is 44.4 Å². The van der Waals surface area contributed by atoms with Crippen molar-refractivity contribution < 1.29 is 28.8 Å². The number of aliphatic hydroxyl groups is 1. The molecule has 36 heavy (non-hydrogen) atoms. The number of carbonyl (C=O) groups excluding carboxylic acids is 1. The van der Waals surface area contributed by atoms with Gasteiger partial charge in [-0.25, -0.2) is 14.5 Å². The minimum Gasteiger partial charge on any atom is -0.394 e. The Bertz CT molecular complexity index is 1310. The Morgan fingerprint density at radius 1 is 1.39 bits per heavy atom. The third-order valence-corrected chi connectivity index (χ3v) is 6.94. The van der Waals surface area contributed by atoms with Gasteiger partial charge in [-0.1, -0.05) is 30.7 Å². The smallest absolute Gasteiger partial charge is 0.394 e. The maximum absolute atomic E-state index is 12.8. The van der Waals surface area contributed by atoms with Gasteiger partial charge in [0.1, 0.15) is 5.69 Å². The summed E-state index contributed by atoms with van der Waals surface area (Å²) < 4.78 is 16.1. The van der Waals surface area contributed by atoms with E-state index < -0.39 is 31.4 Å². The average molecular weight is 536 g/mol. The number of rotatable bonds is 10. The zero-order valence-electron chi connectivity index (χ0n) is 19.6. The fourth-order valence-electron chi connectivity index (χ4n) is 4.04. The second kappa shape index (κ2) is 10.3. The summed E-state index contributed by atoms with van der Waals surface area (Å²) in [5.74, 6) is -0.131. The lowest BCUT2D eigenvalue weighted by atomic mass is 10.1. The highest BCUT2D eigenvalue weighted by atomic mass is 35.5. The number of hydrogen-bond acceptors (Lipinski definition) is 7. The van der Waals surface area contributed by atoms with Gasteiger partial charge >= 0.3 is 7.82 Å². The van der Waals surface area contributed by atoms with Gasteiger partial charge in [-0.3, -0.25) is 9.32 Å². The van der Waals surface area contributed by atoms with Crippen molar-refractivity contribution in [3.05, 3.63) is 64.6 Å². The molecule has 3 aromatic rings. The van der Waals surface area contributed by atoms with Crippen molar-refractivity contribution in [2.75, 3.05) is 11.9 Å². The first kappa shape index (κ1) is 26.3. The van der Waals surface area contributed by atoms with Crippen molar-refractivity contribution in [2.24, 2.45) is 0 Å². The molecule has 0 saturated heterocycles. The molecule has 2 aromatic heterocycles. The first-order chi connectivity index (χ1) is 17.0. The second-order valence-electron chi connectivity index (χ2n) is 8.71. The molecular formula is C23H27ClN5O6P. The number of amides is 1. The van der Waals surface area contributed by atoms with Crippen molar-refractivity contribution >= 4 is 31.3 Å². The Morgan fingerprint density at radius 2 is 2.17 bits per heavy atom. The molecule has 4 rings (SSSR count). The Hall–Kier alpha value is -2.79. The van der Waals surface area contributed by atoms with Crippen LogP contribution in [0.1, 0.15) is 47.4 Å². The van der Waals surface area contributed by atoms with Gasteiger partial charge in [-0.15, -0.1) is 0 Å². The zero-order chi connectivity index (χ0) is 26.1. The highest BCUT2D eigenvalue weighted by Gasteiger charge is 2.57. The van der Waals surface area contributed by atoms with Crippen LogP contribution < -0.4 is 10.6 Å². The molecule has 1 aliphatic carbocycles. The molecule has 6 N–H and O–H groups in total. The van der Waals surface area contributed by atoms with Crippen LogP contribution in [-0.4, -0.2) is 54.0 Å². The SMILES string of the molecule is CCC1(Nc2ncc(C)c(-c3c[nH]c(C(=O)N[C@H](CO)c4cccc(Cl)c4)c3)n2)C[C@@H]1OP(=O)(O)O. The van der Waals surface area contributed by atoms with Crippen LogP contribution in [0.15, 0.2) is 42.7 Å². The molecule has 11 nitrogen and oxygen atoms in total. The quantitative estimate of drug-likeness (QED) is 0.213. The molecule has 3 atom stereocenters. The molecule has 0 radical (unpaired) electrons. The molecule has 2 heterocycles. The van der Waals surface area contributed by atoms with E-state index in [9.17, 15) is 14.5 Å². The summed E-state index contributed by atoms with van der Waals surface area (Å²) in [5, 5.41) is 16.2. The van der Waals surface area contributed by atoms with E-state index in [4.69, 9.17) is 25.9 Å². The molecule has 1 aliphatic rings. The van der Waals surface area contributed by atoms with Gasteiger partial charge in [0, 0.05) is 29.4 Å². The van der Waals surface area contributed by atoms with Crippen molar-refractivity contribution in [3.63, 3.8) is 0 Å². The van der Waals surface area contributed by atoms with Crippen molar-refractivity contribution in [1.29, 1.82) is 0 Å². The van der Waals surface area contributed by atoms with E-state index in [1.807, 2.05) is 13.8 Å². The highest BCUT2D eigenvalue weighted by molar-refractivity contribution is 7.46. The van der Waals surface area contributed by atoms with Crippen LogP contribution in [0, 0.1) is 6.92 Å². The average Bonchev–Trinajstić information content (AvgIpc) is 3.24. The Balaban J connectivity index is 1.50.